The first-order valence-corrected chi connectivity index (χ1v) is 6.84. The molecule has 0 aliphatic heterocycles. The molecule has 0 fully saturated rings. The molecule has 0 heterocycles. The third-order valence-corrected chi connectivity index (χ3v) is 2.96. The van der Waals surface area contributed by atoms with Crippen LogP contribution in [-0.4, -0.2) is 27.8 Å². The minimum absolute atomic E-state index is 0.0405. The van der Waals surface area contributed by atoms with Crippen molar-refractivity contribution in [1.82, 2.24) is 5.32 Å². The number of hydrogen-bond acceptors (Lipinski definition) is 7. The smallest absolute Gasteiger partial charge is 0.408 e. The lowest BCUT2D eigenvalue weighted by Gasteiger charge is -2.22. The van der Waals surface area contributed by atoms with Gasteiger partial charge in [-0.1, -0.05) is 0 Å². The van der Waals surface area contributed by atoms with Crippen LogP contribution in [0.4, 0.5) is 16.2 Å². The molecule has 1 unspecified atom stereocenters. The van der Waals surface area contributed by atoms with Gasteiger partial charge in [-0.05, 0) is 33.3 Å². The number of nitro groups is 2. The zero-order valence-corrected chi connectivity index (χ0v) is 13.6. The monoisotopic (exact) mass is 339 g/mol. The Balaban J connectivity index is 3.30. The number of nitro benzene ring substituents is 2. The van der Waals surface area contributed by atoms with Gasteiger partial charge < -0.3 is 14.8 Å². The van der Waals surface area contributed by atoms with E-state index in [1.807, 2.05) is 0 Å². The molecule has 0 spiro atoms. The molecular weight excluding hydrogens is 322 g/mol. The first-order valence-electron chi connectivity index (χ1n) is 6.84. The minimum Gasteiger partial charge on any atom is -0.444 e. The molecule has 1 rings (SSSR count). The summed E-state index contributed by atoms with van der Waals surface area (Å²) in [4.78, 5) is 43.5. The summed E-state index contributed by atoms with van der Waals surface area (Å²) in [6.45, 7) is 6.19. The Morgan fingerprint density at radius 3 is 2.25 bits per heavy atom. The third-order valence-electron chi connectivity index (χ3n) is 2.96. The van der Waals surface area contributed by atoms with Gasteiger partial charge in [0.05, 0.1) is 15.9 Å². The fourth-order valence-corrected chi connectivity index (χ4v) is 1.94. The molecule has 1 aromatic rings. The summed E-state index contributed by atoms with van der Waals surface area (Å²) in [6.07, 6.45) is -0.604. The molecule has 1 aromatic carbocycles. The fraction of sp³-hybridized carbons (Fsp3) is 0.429. The zero-order chi connectivity index (χ0) is 18.7. The van der Waals surface area contributed by atoms with Gasteiger partial charge in [0, 0.05) is 11.6 Å². The number of hydrogen-bond donors (Lipinski definition) is 1. The van der Waals surface area contributed by atoms with Gasteiger partial charge in [0.25, 0.3) is 11.4 Å². The second-order valence-corrected chi connectivity index (χ2v) is 5.95. The van der Waals surface area contributed by atoms with Crippen LogP contribution in [0.15, 0.2) is 12.1 Å². The molecule has 10 heteroatoms. The molecule has 0 radical (unpaired) electrons. The van der Waals surface area contributed by atoms with Crippen LogP contribution in [0.5, 0.6) is 0 Å². The molecule has 24 heavy (non-hydrogen) atoms. The van der Waals surface area contributed by atoms with E-state index >= 15 is 0 Å². The largest absolute Gasteiger partial charge is 0.444 e. The fourth-order valence-electron chi connectivity index (χ4n) is 1.94. The van der Waals surface area contributed by atoms with E-state index in [1.54, 1.807) is 20.8 Å². The van der Waals surface area contributed by atoms with Crippen molar-refractivity contribution in [3.05, 3.63) is 43.5 Å². The number of amides is 1. The number of aldehydes is 1. The van der Waals surface area contributed by atoms with Crippen LogP contribution >= 0.6 is 0 Å². The number of carbonyl (C=O) groups is 2. The van der Waals surface area contributed by atoms with E-state index < -0.39 is 39.0 Å². The molecule has 0 aromatic heterocycles. The zero-order valence-electron chi connectivity index (χ0n) is 13.6. The minimum atomic E-state index is -1.32. The highest BCUT2D eigenvalue weighted by atomic mass is 16.6. The van der Waals surface area contributed by atoms with Crippen LogP contribution in [0, 0.1) is 27.2 Å². The highest BCUT2D eigenvalue weighted by Crippen LogP contribution is 2.31. The Bertz CT molecular complexity index is 694. The van der Waals surface area contributed by atoms with Crippen molar-refractivity contribution in [2.45, 2.75) is 39.3 Å². The van der Waals surface area contributed by atoms with Crippen LogP contribution in [0.1, 0.15) is 37.9 Å². The Hall–Kier alpha value is -3.04. The van der Waals surface area contributed by atoms with Gasteiger partial charge in [0.2, 0.25) is 0 Å². The average Bonchev–Trinajstić information content (AvgIpc) is 2.42. The molecule has 0 saturated carbocycles. The molecule has 1 N–H and O–H groups in total. The summed E-state index contributed by atoms with van der Waals surface area (Å²) in [6, 6.07) is 0.492. The number of rotatable bonds is 5. The lowest BCUT2D eigenvalue weighted by Crippen LogP contribution is -2.35. The summed E-state index contributed by atoms with van der Waals surface area (Å²) >= 11 is 0. The topological polar surface area (TPSA) is 142 Å². The van der Waals surface area contributed by atoms with Gasteiger partial charge >= 0.3 is 6.09 Å². The quantitative estimate of drug-likeness (QED) is 0.493. The first kappa shape index (κ1) is 19.0. The second-order valence-electron chi connectivity index (χ2n) is 5.95. The number of nitrogens with zero attached hydrogens (tertiary/aromatic N) is 2. The van der Waals surface area contributed by atoms with Crippen molar-refractivity contribution in [3.8, 4) is 0 Å². The molecule has 130 valence electrons. The maximum atomic E-state index is 11.8. The average molecular weight is 339 g/mol. The number of alkyl carbamates (subject to hydrolysis) is 1. The number of benzene rings is 1. The maximum Gasteiger partial charge on any atom is 0.408 e. The van der Waals surface area contributed by atoms with Crippen molar-refractivity contribution in [1.29, 1.82) is 0 Å². The van der Waals surface area contributed by atoms with Gasteiger partial charge in [0.1, 0.15) is 17.9 Å². The van der Waals surface area contributed by atoms with Crippen molar-refractivity contribution in [2.75, 3.05) is 0 Å². The molecule has 1 atom stereocenters. The van der Waals surface area contributed by atoms with Gasteiger partial charge in [0.15, 0.2) is 0 Å². The molecule has 0 aliphatic carbocycles. The van der Waals surface area contributed by atoms with Crippen molar-refractivity contribution in [2.24, 2.45) is 0 Å². The van der Waals surface area contributed by atoms with Gasteiger partial charge in [-0.25, -0.2) is 4.79 Å². The Morgan fingerprint density at radius 2 is 1.83 bits per heavy atom. The Morgan fingerprint density at radius 1 is 1.25 bits per heavy atom. The summed E-state index contributed by atoms with van der Waals surface area (Å²) < 4.78 is 5.01. The van der Waals surface area contributed by atoms with Gasteiger partial charge in [-0.2, -0.15) is 0 Å². The van der Waals surface area contributed by atoms with E-state index in [9.17, 15) is 29.8 Å². The predicted molar refractivity (Wildman–Crippen MR) is 82.7 cm³/mol. The van der Waals surface area contributed by atoms with Crippen molar-refractivity contribution in [3.63, 3.8) is 0 Å². The van der Waals surface area contributed by atoms with Crippen LogP contribution in [0.3, 0.4) is 0 Å². The van der Waals surface area contributed by atoms with E-state index in [-0.39, 0.29) is 11.1 Å². The number of nitrogens with one attached hydrogen (secondary N) is 1. The van der Waals surface area contributed by atoms with Crippen LogP contribution < -0.4 is 5.32 Å². The lowest BCUT2D eigenvalue weighted by molar-refractivity contribution is -0.394. The molecule has 0 aliphatic rings. The van der Waals surface area contributed by atoms with E-state index in [0.29, 0.717) is 6.29 Å². The summed E-state index contributed by atoms with van der Waals surface area (Å²) in [5.41, 5.74) is -1.89. The molecule has 1 amide bonds. The Labute approximate surface area is 137 Å². The summed E-state index contributed by atoms with van der Waals surface area (Å²) in [5.74, 6) is 0. The molecule has 10 nitrogen and oxygen atoms in total. The highest BCUT2D eigenvalue weighted by Gasteiger charge is 2.27. The standard InChI is InChI=1S/C14H17N3O7/c1-8-10(5-9(16(20)21)6-12(8)17(22)23)11(7-18)15-13(19)24-14(2,3)4/h5-7,11H,1-4H3,(H,15,19). The van der Waals surface area contributed by atoms with Crippen LogP contribution in [0.25, 0.3) is 0 Å². The summed E-state index contributed by atoms with van der Waals surface area (Å²) in [5, 5.41) is 24.2. The van der Waals surface area contributed by atoms with Gasteiger partial charge in [-0.3, -0.25) is 20.2 Å². The first-order chi connectivity index (χ1) is 11.0. The predicted octanol–water partition coefficient (Wildman–Crippen LogP) is 2.58. The van der Waals surface area contributed by atoms with Crippen molar-refractivity contribution < 1.29 is 24.2 Å². The van der Waals surface area contributed by atoms with Crippen molar-refractivity contribution >= 4 is 23.8 Å². The molecule has 0 saturated heterocycles. The third kappa shape index (κ3) is 4.73. The number of ether oxygens (including phenoxy) is 1. The highest BCUT2D eigenvalue weighted by molar-refractivity contribution is 5.76. The Kier molecular flexibility index (Phi) is 5.56. The number of non-ortho nitro benzene ring substituents is 1. The van der Waals surface area contributed by atoms with Crippen LogP contribution in [-0.2, 0) is 9.53 Å². The van der Waals surface area contributed by atoms with Crippen LogP contribution in [0.2, 0.25) is 0 Å². The SMILES string of the molecule is Cc1c(C(C=O)NC(=O)OC(C)(C)C)cc([N+](=O)[O-])cc1[N+](=O)[O-]. The normalized spacial score (nSPS) is 12.2. The van der Waals surface area contributed by atoms with E-state index in [0.717, 1.165) is 12.1 Å². The van der Waals surface area contributed by atoms with E-state index in [1.165, 1.54) is 6.92 Å². The van der Waals surface area contributed by atoms with E-state index in [2.05, 4.69) is 5.32 Å². The second kappa shape index (κ2) is 7.02. The number of carbonyl (C=O) groups excluding carboxylic acids is 2. The lowest BCUT2D eigenvalue weighted by atomic mass is 9.99. The maximum absolute atomic E-state index is 11.8. The molecular formula is C14H17N3O7. The molecule has 0 bridgehead atoms. The van der Waals surface area contributed by atoms with E-state index in [4.69, 9.17) is 4.74 Å². The summed E-state index contributed by atoms with van der Waals surface area (Å²) in [7, 11) is 0. The van der Waals surface area contributed by atoms with Gasteiger partial charge in [-0.15, -0.1) is 0 Å².